The average Bonchev–Trinajstić information content (AvgIpc) is 2.27. The van der Waals surface area contributed by atoms with E-state index in [0.29, 0.717) is 25.6 Å². The molecule has 0 aliphatic carbocycles. The van der Waals surface area contributed by atoms with Crippen molar-refractivity contribution in [3.05, 3.63) is 17.6 Å². The first-order chi connectivity index (χ1) is 7.80. The van der Waals surface area contributed by atoms with Crippen LogP contribution in [0.2, 0.25) is 0 Å². The standard InChI is InChI=1S/C11H19N3O2/c1-4-12-10-6-9(7-15-3)13-11(14-10)8-16-5-2/h6H,4-5,7-8H2,1-3H3,(H,12,13,14). The van der Waals surface area contributed by atoms with Crippen molar-refractivity contribution in [3.8, 4) is 0 Å². The van der Waals surface area contributed by atoms with Gasteiger partial charge in [0, 0.05) is 26.3 Å². The van der Waals surface area contributed by atoms with Crippen LogP contribution in [-0.2, 0) is 22.7 Å². The van der Waals surface area contributed by atoms with E-state index in [1.807, 2.05) is 19.9 Å². The third-order valence-electron chi connectivity index (χ3n) is 1.91. The summed E-state index contributed by atoms with van der Waals surface area (Å²) in [5.41, 5.74) is 0.864. The van der Waals surface area contributed by atoms with E-state index >= 15 is 0 Å². The lowest BCUT2D eigenvalue weighted by Crippen LogP contribution is -2.08. The van der Waals surface area contributed by atoms with Gasteiger partial charge in [-0.3, -0.25) is 0 Å². The fraction of sp³-hybridized carbons (Fsp3) is 0.636. The molecule has 1 aromatic rings. The van der Waals surface area contributed by atoms with Gasteiger partial charge in [-0.1, -0.05) is 0 Å². The second-order valence-electron chi connectivity index (χ2n) is 3.26. The smallest absolute Gasteiger partial charge is 0.156 e. The van der Waals surface area contributed by atoms with E-state index in [1.165, 1.54) is 0 Å². The Morgan fingerprint density at radius 2 is 2.06 bits per heavy atom. The van der Waals surface area contributed by atoms with Crippen molar-refractivity contribution in [2.75, 3.05) is 25.6 Å². The van der Waals surface area contributed by atoms with Crippen molar-refractivity contribution >= 4 is 5.82 Å². The Balaban J connectivity index is 2.80. The summed E-state index contributed by atoms with van der Waals surface area (Å²) >= 11 is 0. The molecule has 0 atom stereocenters. The molecule has 0 amide bonds. The third-order valence-corrected chi connectivity index (χ3v) is 1.91. The fourth-order valence-electron chi connectivity index (χ4n) is 1.30. The number of methoxy groups -OCH3 is 1. The van der Waals surface area contributed by atoms with Crippen LogP contribution in [0.5, 0.6) is 0 Å². The maximum atomic E-state index is 5.29. The molecule has 0 aliphatic rings. The zero-order valence-corrected chi connectivity index (χ0v) is 10.1. The second kappa shape index (κ2) is 7.14. The van der Waals surface area contributed by atoms with Gasteiger partial charge < -0.3 is 14.8 Å². The Bertz CT molecular complexity index is 294. The van der Waals surface area contributed by atoms with Gasteiger partial charge in [-0.2, -0.15) is 0 Å². The molecule has 0 spiro atoms. The lowest BCUT2D eigenvalue weighted by atomic mass is 10.4. The lowest BCUT2D eigenvalue weighted by Gasteiger charge is -2.08. The Labute approximate surface area is 96.2 Å². The van der Waals surface area contributed by atoms with Gasteiger partial charge in [0.1, 0.15) is 12.4 Å². The van der Waals surface area contributed by atoms with Crippen LogP contribution in [0.15, 0.2) is 6.07 Å². The van der Waals surface area contributed by atoms with Gasteiger partial charge in [-0.05, 0) is 13.8 Å². The average molecular weight is 225 g/mol. The summed E-state index contributed by atoms with van der Waals surface area (Å²) in [6.07, 6.45) is 0. The molecule has 1 aromatic heterocycles. The molecule has 0 saturated heterocycles. The highest BCUT2D eigenvalue weighted by Gasteiger charge is 2.04. The van der Waals surface area contributed by atoms with E-state index in [4.69, 9.17) is 9.47 Å². The third kappa shape index (κ3) is 4.12. The van der Waals surface area contributed by atoms with E-state index in [9.17, 15) is 0 Å². The van der Waals surface area contributed by atoms with E-state index in [1.54, 1.807) is 7.11 Å². The molecule has 0 aromatic carbocycles. The SMILES string of the molecule is CCNc1cc(COC)nc(COCC)n1. The summed E-state index contributed by atoms with van der Waals surface area (Å²) < 4.78 is 10.4. The highest BCUT2D eigenvalue weighted by Crippen LogP contribution is 2.08. The first kappa shape index (κ1) is 12.9. The van der Waals surface area contributed by atoms with Crippen molar-refractivity contribution < 1.29 is 9.47 Å². The zero-order valence-electron chi connectivity index (χ0n) is 10.1. The maximum Gasteiger partial charge on any atom is 0.156 e. The number of anilines is 1. The monoisotopic (exact) mass is 225 g/mol. The van der Waals surface area contributed by atoms with Gasteiger partial charge in [0.2, 0.25) is 0 Å². The lowest BCUT2D eigenvalue weighted by molar-refractivity contribution is 0.127. The Hall–Kier alpha value is -1.20. The van der Waals surface area contributed by atoms with Gasteiger partial charge >= 0.3 is 0 Å². The molecule has 0 unspecified atom stereocenters. The van der Waals surface area contributed by atoms with E-state index in [2.05, 4.69) is 15.3 Å². The van der Waals surface area contributed by atoms with Crippen molar-refractivity contribution in [3.63, 3.8) is 0 Å². The molecular formula is C11H19N3O2. The molecule has 0 radical (unpaired) electrons. The van der Waals surface area contributed by atoms with Crippen LogP contribution in [0.25, 0.3) is 0 Å². The van der Waals surface area contributed by atoms with Crippen LogP contribution in [0.1, 0.15) is 25.4 Å². The highest BCUT2D eigenvalue weighted by atomic mass is 16.5. The van der Waals surface area contributed by atoms with Crippen LogP contribution in [0.3, 0.4) is 0 Å². The molecule has 16 heavy (non-hydrogen) atoms. The first-order valence-electron chi connectivity index (χ1n) is 5.47. The zero-order chi connectivity index (χ0) is 11.8. The van der Waals surface area contributed by atoms with Crippen LogP contribution in [0, 0.1) is 0 Å². The van der Waals surface area contributed by atoms with E-state index in [0.717, 1.165) is 18.1 Å². The molecule has 1 N–H and O–H groups in total. The Morgan fingerprint density at radius 1 is 1.25 bits per heavy atom. The summed E-state index contributed by atoms with van der Waals surface area (Å²) in [6.45, 7) is 6.39. The minimum absolute atomic E-state index is 0.437. The van der Waals surface area contributed by atoms with E-state index in [-0.39, 0.29) is 0 Å². The largest absolute Gasteiger partial charge is 0.378 e. The molecular weight excluding hydrogens is 206 g/mol. The van der Waals surface area contributed by atoms with Gasteiger partial charge in [-0.25, -0.2) is 9.97 Å². The summed E-state index contributed by atoms with van der Waals surface area (Å²) in [5, 5.41) is 3.16. The minimum atomic E-state index is 0.437. The van der Waals surface area contributed by atoms with Crippen LogP contribution < -0.4 is 5.32 Å². The molecule has 0 bridgehead atoms. The molecule has 0 fully saturated rings. The normalized spacial score (nSPS) is 10.4. The number of ether oxygens (including phenoxy) is 2. The molecule has 0 saturated carbocycles. The molecule has 5 nitrogen and oxygen atoms in total. The molecule has 0 aliphatic heterocycles. The number of aromatic nitrogens is 2. The second-order valence-corrected chi connectivity index (χ2v) is 3.26. The number of hydrogen-bond donors (Lipinski definition) is 1. The van der Waals surface area contributed by atoms with Crippen LogP contribution >= 0.6 is 0 Å². The minimum Gasteiger partial charge on any atom is -0.378 e. The van der Waals surface area contributed by atoms with Crippen molar-refractivity contribution in [1.82, 2.24) is 9.97 Å². The topological polar surface area (TPSA) is 56.3 Å². The number of hydrogen-bond acceptors (Lipinski definition) is 5. The summed E-state index contributed by atoms with van der Waals surface area (Å²) in [6, 6.07) is 1.89. The van der Waals surface area contributed by atoms with Gasteiger partial charge in [0.15, 0.2) is 5.82 Å². The summed E-state index contributed by atoms with van der Waals surface area (Å²) in [5.74, 6) is 1.51. The number of nitrogens with zero attached hydrogens (tertiary/aromatic N) is 2. The van der Waals surface area contributed by atoms with Crippen molar-refractivity contribution in [2.45, 2.75) is 27.1 Å². The van der Waals surface area contributed by atoms with Crippen LogP contribution in [-0.4, -0.2) is 30.2 Å². The summed E-state index contributed by atoms with van der Waals surface area (Å²) in [4.78, 5) is 8.68. The number of rotatable bonds is 7. The molecule has 1 rings (SSSR count). The maximum absolute atomic E-state index is 5.29. The fourth-order valence-corrected chi connectivity index (χ4v) is 1.30. The highest BCUT2D eigenvalue weighted by molar-refractivity contribution is 5.35. The Kier molecular flexibility index (Phi) is 5.74. The van der Waals surface area contributed by atoms with Gasteiger partial charge in [-0.15, -0.1) is 0 Å². The van der Waals surface area contributed by atoms with Gasteiger partial charge in [0.05, 0.1) is 12.3 Å². The van der Waals surface area contributed by atoms with Crippen molar-refractivity contribution in [1.29, 1.82) is 0 Å². The quantitative estimate of drug-likeness (QED) is 0.763. The summed E-state index contributed by atoms with van der Waals surface area (Å²) in [7, 11) is 1.65. The van der Waals surface area contributed by atoms with Gasteiger partial charge in [0.25, 0.3) is 0 Å². The molecule has 1 heterocycles. The predicted octanol–water partition coefficient (Wildman–Crippen LogP) is 1.59. The predicted molar refractivity (Wildman–Crippen MR) is 62.2 cm³/mol. The van der Waals surface area contributed by atoms with E-state index < -0.39 is 0 Å². The van der Waals surface area contributed by atoms with Crippen molar-refractivity contribution in [2.24, 2.45) is 0 Å². The van der Waals surface area contributed by atoms with Crippen LogP contribution in [0.4, 0.5) is 5.82 Å². The Morgan fingerprint density at radius 3 is 2.69 bits per heavy atom. The molecule has 90 valence electrons. The molecule has 5 heteroatoms. The first-order valence-corrected chi connectivity index (χ1v) is 5.47. The number of nitrogens with one attached hydrogen (secondary N) is 1.